The highest BCUT2D eigenvalue weighted by atomic mass is 35.5. The number of nitrogens with zero attached hydrogens (tertiary/aromatic N) is 4. The molecule has 180 valence electrons. The Hall–Kier alpha value is -3.24. The quantitative estimate of drug-likeness (QED) is 0.424. The number of benzene rings is 2. The van der Waals surface area contributed by atoms with Gasteiger partial charge in [0.05, 0.1) is 24.5 Å². The van der Waals surface area contributed by atoms with E-state index >= 15 is 0 Å². The van der Waals surface area contributed by atoms with Crippen molar-refractivity contribution in [3.63, 3.8) is 0 Å². The predicted octanol–water partition coefficient (Wildman–Crippen LogP) is 4.52. The third-order valence-corrected chi connectivity index (χ3v) is 5.45. The number of carbonyl (C=O) groups excluding carboxylic acids is 1. The van der Waals surface area contributed by atoms with E-state index in [4.69, 9.17) is 16.3 Å². The first kappa shape index (κ1) is 23.9. The van der Waals surface area contributed by atoms with Crippen LogP contribution in [0, 0.1) is 0 Å². The maximum absolute atomic E-state index is 13.0. The van der Waals surface area contributed by atoms with E-state index in [1.54, 1.807) is 41.9 Å². The summed E-state index contributed by atoms with van der Waals surface area (Å²) in [6.07, 6.45) is 4.91. The number of ether oxygens (including phenoxy) is 2. The normalized spacial score (nSPS) is 13.4. The van der Waals surface area contributed by atoms with Gasteiger partial charge in [0.1, 0.15) is 12.7 Å². The maximum Gasteiger partial charge on any atom is 0.387 e. The van der Waals surface area contributed by atoms with Crippen LogP contribution in [0.1, 0.15) is 25.3 Å². The summed E-state index contributed by atoms with van der Waals surface area (Å²) in [6.45, 7) is -0.258. The largest absolute Gasteiger partial charge is 0.490 e. The van der Waals surface area contributed by atoms with Crippen LogP contribution >= 0.6 is 11.6 Å². The van der Waals surface area contributed by atoms with Crippen molar-refractivity contribution >= 4 is 23.2 Å². The average Bonchev–Trinajstić information content (AvgIpc) is 3.50. The summed E-state index contributed by atoms with van der Waals surface area (Å²) in [7, 11) is 0. The SMILES string of the molecule is CCOc1cc(CN(CC(=O)Nc2cc(Cl)ccc2-n2cncn2)C2CC2)ccc1OC(F)F. The number of hydrogen-bond acceptors (Lipinski definition) is 6. The fourth-order valence-corrected chi connectivity index (χ4v) is 3.79. The molecule has 1 aliphatic carbocycles. The number of carbonyl (C=O) groups is 1. The van der Waals surface area contributed by atoms with Crippen LogP contribution in [0.5, 0.6) is 11.5 Å². The van der Waals surface area contributed by atoms with E-state index in [0.717, 1.165) is 18.4 Å². The van der Waals surface area contributed by atoms with E-state index in [9.17, 15) is 13.6 Å². The van der Waals surface area contributed by atoms with Crippen LogP contribution in [0.25, 0.3) is 5.69 Å². The Balaban J connectivity index is 1.47. The summed E-state index contributed by atoms with van der Waals surface area (Å²) in [4.78, 5) is 19.0. The molecule has 1 fully saturated rings. The molecule has 0 unspecified atom stereocenters. The van der Waals surface area contributed by atoms with Gasteiger partial charge in [-0.1, -0.05) is 17.7 Å². The minimum Gasteiger partial charge on any atom is -0.490 e. The average molecular weight is 492 g/mol. The Morgan fingerprint density at radius 2 is 2.09 bits per heavy atom. The van der Waals surface area contributed by atoms with Gasteiger partial charge in [0, 0.05) is 17.6 Å². The summed E-state index contributed by atoms with van der Waals surface area (Å²) >= 11 is 6.14. The minimum absolute atomic E-state index is 0.0158. The Labute approximate surface area is 200 Å². The van der Waals surface area contributed by atoms with Gasteiger partial charge in [-0.15, -0.1) is 0 Å². The molecule has 4 rings (SSSR count). The molecule has 11 heteroatoms. The second-order valence-electron chi connectivity index (χ2n) is 7.78. The zero-order valence-electron chi connectivity index (χ0n) is 18.5. The molecule has 3 aromatic rings. The molecule has 1 N–H and O–H groups in total. The molecule has 1 amide bonds. The van der Waals surface area contributed by atoms with Gasteiger partial charge in [0.25, 0.3) is 0 Å². The van der Waals surface area contributed by atoms with Crippen molar-refractivity contribution in [2.45, 2.75) is 39.0 Å². The number of halogens is 3. The molecule has 0 atom stereocenters. The van der Waals surface area contributed by atoms with Crippen molar-refractivity contribution in [3.05, 3.63) is 59.6 Å². The topological polar surface area (TPSA) is 81.5 Å². The van der Waals surface area contributed by atoms with Crippen LogP contribution in [0.3, 0.4) is 0 Å². The minimum atomic E-state index is -2.94. The van der Waals surface area contributed by atoms with E-state index in [0.29, 0.717) is 29.5 Å². The van der Waals surface area contributed by atoms with E-state index in [1.165, 1.54) is 18.7 Å². The summed E-state index contributed by atoms with van der Waals surface area (Å²) in [5.41, 5.74) is 1.99. The molecule has 0 saturated heterocycles. The van der Waals surface area contributed by atoms with Gasteiger partial charge < -0.3 is 14.8 Å². The lowest BCUT2D eigenvalue weighted by Gasteiger charge is -2.22. The number of nitrogens with one attached hydrogen (secondary N) is 1. The molecule has 1 saturated carbocycles. The zero-order chi connectivity index (χ0) is 24.1. The van der Waals surface area contributed by atoms with Crippen LogP contribution in [-0.2, 0) is 11.3 Å². The Morgan fingerprint density at radius 1 is 1.26 bits per heavy atom. The molecule has 8 nitrogen and oxygen atoms in total. The number of amides is 1. The maximum atomic E-state index is 13.0. The second-order valence-corrected chi connectivity index (χ2v) is 8.21. The van der Waals surface area contributed by atoms with Crippen LogP contribution in [-0.4, -0.2) is 51.4 Å². The lowest BCUT2D eigenvalue weighted by Crippen LogP contribution is -2.34. The van der Waals surface area contributed by atoms with Gasteiger partial charge in [0.15, 0.2) is 11.5 Å². The van der Waals surface area contributed by atoms with E-state index in [2.05, 4.69) is 20.1 Å². The van der Waals surface area contributed by atoms with E-state index in [-0.39, 0.29) is 30.0 Å². The highest BCUT2D eigenvalue weighted by molar-refractivity contribution is 6.31. The van der Waals surface area contributed by atoms with Gasteiger partial charge in [-0.2, -0.15) is 13.9 Å². The summed E-state index contributed by atoms with van der Waals surface area (Å²) in [5.74, 6) is 0.0213. The van der Waals surface area contributed by atoms with Crippen molar-refractivity contribution < 1.29 is 23.0 Å². The molecule has 34 heavy (non-hydrogen) atoms. The first-order chi connectivity index (χ1) is 16.4. The van der Waals surface area contributed by atoms with Crippen molar-refractivity contribution in [3.8, 4) is 17.2 Å². The van der Waals surface area contributed by atoms with Crippen LogP contribution < -0.4 is 14.8 Å². The third-order valence-electron chi connectivity index (χ3n) is 5.22. The summed E-state index contributed by atoms with van der Waals surface area (Å²) in [6, 6.07) is 10.2. The van der Waals surface area contributed by atoms with Crippen molar-refractivity contribution in [2.24, 2.45) is 0 Å². The Morgan fingerprint density at radius 3 is 2.76 bits per heavy atom. The van der Waals surface area contributed by atoms with Gasteiger partial charge >= 0.3 is 6.61 Å². The zero-order valence-corrected chi connectivity index (χ0v) is 19.2. The summed E-state index contributed by atoms with van der Waals surface area (Å²) < 4.78 is 36.9. The fourth-order valence-electron chi connectivity index (χ4n) is 3.62. The van der Waals surface area contributed by atoms with E-state index in [1.807, 2.05) is 4.90 Å². The molecule has 0 spiro atoms. The predicted molar refractivity (Wildman–Crippen MR) is 123 cm³/mol. The Kier molecular flexibility index (Phi) is 7.59. The molecule has 1 aromatic heterocycles. The van der Waals surface area contributed by atoms with Gasteiger partial charge in [-0.25, -0.2) is 9.67 Å². The van der Waals surface area contributed by atoms with E-state index < -0.39 is 6.61 Å². The number of alkyl halides is 2. The lowest BCUT2D eigenvalue weighted by atomic mass is 10.1. The van der Waals surface area contributed by atoms with Crippen LogP contribution in [0.15, 0.2) is 49.1 Å². The number of hydrogen-bond donors (Lipinski definition) is 1. The second kappa shape index (κ2) is 10.8. The first-order valence-corrected chi connectivity index (χ1v) is 11.2. The van der Waals surface area contributed by atoms with Crippen molar-refractivity contribution in [1.82, 2.24) is 19.7 Å². The molecule has 0 aliphatic heterocycles. The molecule has 0 radical (unpaired) electrons. The summed E-state index contributed by atoms with van der Waals surface area (Å²) in [5, 5.41) is 7.52. The lowest BCUT2D eigenvalue weighted by molar-refractivity contribution is -0.117. The smallest absolute Gasteiger partial charge is 0.387 e. The van der Waals surface area contributed by atoms with Gasteiger partial charge in [0.2, 0.25) is 5.91 Å². The molecule has 2 aromatic carbocycles. The number of anilines is 1. The Bertz CT molecular complexity index is 1130. The molecule has 1 heterocycles. The standard InChI is InChI=1S/C23H24ClF2N5O3/c1-2-33-21-9-15(3-8-20(21)34-23(25)26)11-30(17-5-6-17)12-22(32)29-18-10-16(24)4-7-19(18)31-14-27-13-28-31/h3-4,7-10,13-14,17,23H,2,5-6,11-12H2,1H3,(H,29,32). The fraction of sp³-hybridized carbons (Fsp3) is 0.348. The molecular weight excluding hydrogens is 468 g/mol. The van der Waals surface area contributed by atoms with Crippen molar-refractivity contribution in [1.29, 1.82) is 0 Å². The number of aromatic nitrogens is 3. The molecule has 1 aliphatic rings. The monoisotopic (exact) mass is 491 g/mol. The molecular formula is C23H24ClF2N5O3. The highest BCUT2D eigenvalue weighted by Gasteiger charge is 2.30. The molecule has 0 bridgehead atoms. The van der Waals surface area contributed by atoms with Crippen LogP contribution in [0.2, 0.25) is 5.02 Å². The van der Waals surface area contributed by atoms with Crippen molar-refractivity contribution in [2.75, 3.05) is 18.5 Å². The third kappa shape index (κ3) is 6.21. The number of rotatable bonds is 11. The van der Waals surface area contributed by atoms with Crippen LogP contribution in [0.4, 0.5) is 14.5 Å². The van der Waals surface area contributed by atoms with Gasteiger partial charge in [-0.05, 0) is 55.7 Å². The van der Waals surface area contributed by atoms with Gasteiger partial charge in [-0.3, -0.25) is 9.69 Å². The highest BCUT2D eigenvalue weighted by Crippen LogP contribution is 2.33. The first-order valence-electron chi connectivity index (χ1n) is 10.8.